The average Bonchev–Trinajstić information content (AvgIpc) is 3.41. The molecule has 1 aliphatic rings. The quantitative estimate of drug-likeness (QED) is 0.678. The lowest BCUT2D eigenvalue weighted by Crippen LogP contribution is -2.23. The molecule has 1 N–H and O–H groups in total. The average molecular weight is 386 g/mol. The summed E-state index contributed by atoms with van der Waals surface area (Å²) in [6.45, 7) is 0.390. The predicted molar refractivity (Wildman–Crippen MR) is 104 cm³/mol. The first-order valence-electron chi connectivity index (χ1n) is 8.68. The first-order chi connectivity index (χ1) is 12.8. The van der Waals surface area contributed by atoms with E-state index in [0.29, 0.717) is 17.3 Å². The lowest BCUT2D eigenvalue weighted by Gasteiger charge is -2.15. The van der Waals surface area contributed by atoms with E-state index in [9.17, 15) is 4.79 Å². The zero-order valence-corrected chi connectivity index (χ0v) is 15.8. The Labute approximate surface area is 160 Å². The number of ether oxygens (including phenoxy) is 1. The second kappa shape index (κ2) is 7.97. The van der Waals surface area contributed by atoms with Gasteiger partial charge in [-0.3, -0.25) is 4.79 Å². The molecule has 26 heavy (non-hydrogen) atoms. The van der Waals surface area contributed by atoms with Gasteiger partial charge in [0.15, 0.2) is 0 Å². The molecule has 134 valence electrons. The highest BCUT2D eigenvalue weighted by Crippen LogP contribution is 2.29. The van der Waals surface area contributed by atoms with Crippen LogP contribution in [0.1, 0.15) is 40.9 Å². The van der Waals surface area contributed by atoms with Crippen molar-refractivity contribution >= 4 is 28.6 Å². The number of nitrogens with one attached hydrogen (secondary N) is 1. The number of hydrogen-bond donors (Lipinski definition) is 1. The van der Waals surface area contributed by atoms with Gasteiger partial charge in [0.05, 0.1) is 11.1 Å². The first kappa shape index (κ1) is 17.2. The van der Waals surface area contributed by atoms with Crippen LogP contribution >= 0.6 is 22.7 Å². The number of nitrogens with zero attached hydrogens (tertiary/aromatic N) is 2. The highest BCUT2D eigenvalue weighted by atomic mass is 32.1. The Bertz CT molecular complexity index is 871. The SMILES string of the molecule is O=C(NCc1cccnc1OC1CCCC1)c1cnc(-c2cccs2)s1. The minimum atomic E-state index is -0.124. The standard InChI is InChI=1S/C19H19N3O2S2/c23-17(16-12-22-19(26-16)15-8-4-10-25-15)21-11-13-5-3-9-20-18(13)24-14-6-1-2-7-14/h3-5,8-10,12,14H,1-2,6-7,11H2,(H,21,23). The Morgan fingerprint density at radius 1 is 1.23 bits per heavy atom. The topological polar surface area (TPSA) is 64.1 Å². The maximum atomic E-state index is 12.5. The van der Waals surface area contributed by atoms with Crippen LogP contribution in [0.5, 0.6) is 5.88 Å². The van der Waals surface area contributed by atoms with Crippen molar-refractivity contribution in [3.8, 4) is 15.8 Å². The van der Waals surface area contributed by atoms with E-state index >= 15 is 0 Å². The Morgan fingerprint density at radius 2 is 2.12 bits per heavy atom. The van der Waals surface area contributed by atoms with Crippen molar-refractivity contribution in [2.75, 3.05) is 0 Å². The monoisotopic (exact) mass is 385 g/mol. The van der Waals surface area contributed by atoms with Crippen LogP contribution in [-0.2, 0) is 6.54 Å². The summed E-state index contributed by atoms with van der Waals surface area (Å²) in [6, 6.07) is 7.80. The maximum absolute atomic E-state index is 12.5. The number of carbonyl (C=O) groups is 1. The minimum absolute atomic E-state index is 0.124. The van der Waals surface area contributed by atoms with Crippen molar-refractivity contribution in [2.24, 2.45) is 0 Å². The Hall–Kier alpha value is -2.25. The maximum Gasteiger partial charge on any atom is 0.263 e. The first-order valence-corrected chi connectivity index (χ1v) is 10.4. The van der Waals surface area contributed by atoms with Gasteiger partial charge in [-0.25, -0.2) is 9.97 Å². The molecule has 0 unspecified atom stereocenters. The Balaban J connectivity index is 1.40. The molecule has 0 aromatic carbocycles. The van der Waals surface area contributed by atoms with Crippen LogP contribution in [0.2, 0.25) is 0 Å². The molecule has 0 atom stereocenters. The van der Waals surface area contributed by atoms with E-state index in [-0.39, 0.29) is 12.0 Å². The number of pyridine rings is 1. The van der Waals surface area contributed by atoms with Gasteiger partial charge in [0.25, 0.3) is 5.91 Å². The molecule has 0 spiro atoms. The van der Waals surface area contributed by atoms with Crippen molar-refractivity contribution in [3.05, 3.63) is 52.5 Å². The Kier molecular flexibility index (Phi) is 5.26. The molecule has 1 fully saturated rings. The summed E-state index contributed by atoms with van der Waals surface area (Å²) in [4.78, 5) is 22.8. The van der Waals surface area contributed by atoms with Gasteiger partial charge in [-0.15, -0.1) is 22.7 Å². The molecule has 1 aliphatic carbocycles. The lowest BCUT2D eigenvalue weighted by atomic mass is 10.2. The largest absolute Gasteiger partial charge is 0.474 e. The molecule has 0 bridgehead atoms. The molecule has 0 saturated heterocycles. The molecule has 3 aromatic heterocycles. The van der Waals surface area contributed by atoms with Crippen LogP contribution in [0.15, 0.2) is 42.0 Å². The third kappa shape index (κ3) is 3.94. The van der Waals surface area contributed by atoms with Crippen LogP contribution in [0.3, 0.4) is 0 Å². The van der Waals surface area contributed by atoms with Gasteiger partial charge < -0.3 is 10.1 Å². The van der Waals surface area contributed by atoms with E-state index in [1.54, 1.807) is 23.7 Å². The van der Waals surface area contributed by atoms with Crippen molar-refractivity contribution in [1.82, 2.24) is 15.3 Å². The Morgan fingerprint density at radius 3 is 2.92 bits per heavy atom. The third-order valence-corrected chi connectivity index (χ3v) is 6.37. The van der Waals surface area contributed by atoms with Gasteiger partial charge in [0.2, 0.25) is 5.88 Å². The minimum Gasteiger partial charge on any atom is -0.474 e. The summed E-state index contributed by atoms with van der Waals surface area (Å²) < 4.78 is 6.03. The fraction of sp³-hybridized carbons (Fsp3) is 0.316. The van der Waals surface area contributed by atoms with Crippen molar-refractivity contribution in [2.45, 2.75) is 38.3 Å². The second-order valence-corrected chi connectivity index (χ2v) is 8.16. The summed E-state index contributed by atoms with van der Waals surface area (Å²) in [5.41, 5.74) is 0.899. The van der Waals surface area contributed by atoms with Crippen molar-refractivity contribution < 1.29 is 9.53 Å². The van der Waals surface area contributed by atoms with E-state index < -0.39 is 0 Å². The number of thiazole rings is 1. The van der Waals surface area contributed by atoms with Crippen LogP contribution in [0.4, 0.5) is 0 Å². The third-order valence-electron chi connectivity index (χ3n) is 4.33. The summed E-state index contributed by atoms with van der Waals surface area (Å²) >= 11 is 3.02. The molecule has 0 aliphatic heterocycles. The van der Waals surface area contributed by atoms with Crippen molar-refractivity contribution in [1.29, 1.82) is 0 Å². The predicted octanol–water partition coefficient (Wildman–Crippen LogP) is 4.52. The van der Waals surface area contributed by atoms with Gasteiger partial charge in [-0.05, 0) is 43.2 Å². The summed E-state index contributed by atoms with van der Waals surface area (Å²) in [7, 11) is 0. The van der Waals surface area contributed by atoms with E-state index in [1.807, 2.05) is 29.6 Å². The van der Waals surface area contributed by atoms with Crippen LogP contribution in [-0.4, -0.2) is 22.0 Å². The smallest absolute Gasteiger partial charge is 0.263 e. The normalized spacial score (nSPS) is 14.5. The molecule has 3 aromatic rings. The number of aromatic nitrogens is 2. The fourth-order valence-corrected chi connectivity index (χ4v) is 4.62. The number of hydrogen-bond acceptors (Lipinski definition) is 6. The van der Waals surface area contributed by atoms with Gasteiger partial charge in [-0.1, -0.05) is 12.1 Å². The second-order valence-electron chi connectivity index (χ2n) is 6.18. The zero-order valence-electron chi connectivity index (χ0n) is 14.2. The summed E-state index contributed by atoms with van der Waals surface area (Å²) in [5.74, 6) is 0.504. The zero-order chi connectivity index (χ0) is 17.8. The molecular weight excluding hydrogens is 366 g/mol. The summed E-state index contributed by atoms with van der Waals surface area (Å²) in [6.07, 6.45) is 8.18. The molecule has 0 radical (unpaired) electrons. The van der Waals surface area contributed by atoms with Gasteiger partial charge in [0, 0.05) is 18.3 Å². The molecule has 3 heterocycles. The van der Waals surface area contributed by atoms with Crippen LogP contribution in [0.25, 0.3) is 9.88 Å². The molecule has 1 amide bonds. The molecule has 7 heteroatoms. The van der Waals surface area contributed by atoms with Gasteiger partial charge >= 0.3 is 0 Å². The van der Waals surface area contributed by atoms with E-state index in [2.05, 4.69) is 15.3 Å². The van der Waals surface area contributed by atoms with E-state index in [4.69, 9.17) is 4.74 Å². The molecular formula is C19H19N3O2S2. The van der Waals surface area contributed by atoms with E-state index in [0.717, 1.165) is 28.3 Å². The highest BCUT2D eigenvalue weighted by Gasteiger charge is 2.19. The summed E-state index contributed by atoms with van der Waals surface area (Å²) in [5, 5.41) is 5.83. The van der Waals surface area contributed by atoms with E-state index in [1.165, 1.54) is 24.2 Å². The molecule has 1 saturated carbocycles. The molecule has 5 nitrogen and oxygen atoms in total. The van der Waals surface area contributed by atoms with Crippen molar-refractivity contribution in [3.63, 3.8) is 0 Å². The molecule has 4 rings (SSSR count). The number of rotatable bonds is 6. The van der Waals surface area contributed by atoms with Crippen LogP contribution in [0, 0.1) is 0 Å². The fourth-order valence-electron chi connectivity index (χ4n) is 2.98. The van der Waals surface area contributed by atoms with Crippen LogP contribution < -0.4 is 10.1 Å². The number of carbonyl (C=O) groups excluding carboxylic acids is 1. The number of amides is 1. The number of thiophene rings is 1. The van der Waals surface area contributed by atoms with Gasteiger partial charge in [0.1, 0.15) is 16.0 Å². The highest BCUT2D eigenvalue weighted by molar-refractivity contribution is 7.21. The lowest BCUT2D eigenvalue weighted by molar-refractivity contribution is 0.0954. The van der Waals surface area contributed by atoms with Gasteiger partial charge in [-0.2, -0.15) is 0 Å².